The number of imide groups is 1. The molecule has 2 bridgehead atoms. The molecular formula is C104H127N13O31. The van der Waals surface area contributed by atoms with Crippen molar-refractivity contribution in [3.63, 3.8) is 0 Å². The quantitative estimate of drug-likeness (QED) is 0.00375. The minimum Gasteiger partial charge on any atom is -0.508 e. The number of hydrazine groups is 2. The van der Waals surface area contributed by atoms with Gasteiger partial charge < -0.3 is 112 Å². The van der Waals surface area contributed by atoms with Crippen molar-refractivity contribution in [2.45, 2.75) is 235 Å². The highest BCUT2D eigenvalue weighted by molar-refractivity contribution is 6.42. The van der Waals surface area contributed by atoms with E-state index in [1.165, 1.54) is 137 Å². The zero-order chi connectivity index (χ0) is 108. The maximum atomic E-state index is 16.1. The lowest BCUT2D eigenvalue weighted by Crippen LogP contribution is -2.82. The van der Waals surface area contributed by atoms with Gasteiger partial charge in [-0.1, -0.05) is 137 Å². The number of nitrogens with zero attached hydrogens (tertiary/aromatic N) is 1. The van der Waals surface area contributed by atoms with Gasteiger partial charge in [0.25, 0.3) is 17.7 Å². The molecule has 3 aliphatic carbocycles. The number of phenolic OH excluding ortho intramolecular Hbond substituents is 2. The van der Waals surface area contributed by atoms with E-state index < -0.39 is 272 Å². The molecule has 0 aromatic heterocycles. The standard InChI is InChI=1S/C104H127N13O31/c1-56(2)46-71(85(130)87(132)73(51-118)116-115-72(48-61-34-40-68(124)41-35-61)86(131)84(129)70(47-60-32-38-67(123)39-33-60)109-95(136)74(52-119)111-96(137)75(53-120)110-94(135)69(28-21-44-107-99(105)106)108-79(126)29-19-12-20-45-117-80(127)42-43-81(117)128)114-113-66-36-30-62(31-37-66)54-142-100(140)146-89(83(63-22-13-9-14-23-63)112-93(134)64-24-15-10-16-25-64)98(139)145-76-50-104(141)92(147-97(138)65-26-17-11-18-27-65)90-102(8,77(125)49-78-103(90,55-143-78)148-59(5)122)91(133)88(144-58(4)121)82(57(76)3)101(104,6)7/h9-11,13-18,22-27,30-43,56,69-78,83,88-90,92,99,107,113-116,118-120,123-125,141H,12,19-21,28-29,44-55,105-106H2,1-8H3,(H,108,126)(H,109,136)(H,110,135)(H,111,137)(H,112,134)/t69-,70-,71-,72-,73-,74-,75-,76-,77-,78+,83-,88+,89+,90?,92-,102+,103-,104+/m0/s1. The number of benzene rings is 6. The topological polar surface area (TPSA) is 672 Å². The van der Waals surface area contributed by atoms with E-state index in [0.29, 0.717) is 12.8 Å². The molecule has 1 saturated heterocycles. The number of nitrogens with two attached hydrogens (primary N) is 2. The van der Waals surface area contributed by atoms with E-state index in [1.807, 2.05) is 0 Å². The van der Waals surface area contributed by atoms with E-state index in [2.05, 4.69) is 53.6 Å². The van der Waals surface area contributed by atoms with Gasteiger partial charge in [0.1, 0.15) is 78.5 Å². The number of phenols is 2. The molecule has 5 aliphatic rings. The number of hydrogen-bond donors (Lipinski definition) is 19. The lowest BCUT2D eigenvalue weighted by molar-refractivity contribution is -0.346. The van der Waals surface area contributed by atoms with Gasteiger partial charge in [0.05, 0.1) is 67.6 Å². The van der Waals surface area contributed by atoms with Crippen LogP contribution in [0.4, 0.5) is 10.5 Å². The van der Waals surface area contributed by atoms with Gasteiger partial charge in [0, 0.05) is 74.9 Å². The lowest BCUT2D eigenvalue weighted by Gasteiger charge is -2.67. The number of aromatic hydroxyl groups is 2. The van der Waals surface area contributed by atoms with Crippen molar-refractivity contribution in [1.29, 1.82) is 0 Å². The molecule has 3 fully saturated rings. The van der Waals surface area contributed by atoms with Crippen LogP contribution in [0.25, 0.3) is 0 Å². The van der Waals surface area contributed by atoms with Crippen LogP contribution in [0.5, 0.6) is 11.5 Å². The first-order valence-electron chi connectivity index (χ1n) is 48.4. The second-order valence-electron chi connectivity index (χ2n) is 38.2. The van der Waals surface area contributed by atoms with E-state index in [4.69, 9.17) is 44.6 Å². The summed E-state index contributed by atoms with van der Waals surface area (Å²) in [6.07, 6.45) is -12.1. The number of anilines is 1. The highest BCUT2D eigenvalue weighted by Crippen LogP contribution is 2.65. The minimum absolute atomic E-state index is 0.000496. The molecule has 2 saturated carbocycles. The molecule has 21 N–H and O–H groups in total. The van der Waals surface area contributed by atoms with Gasteiger partial charge in [0.2, 0.25) is 52.9 Å². The smallest absolute Gasteiger partial charge is 0.508 e. The van der Waals surface area contributed by atoms with Crippen LogP contribution in [0.1, 0.15) is 162 Å². The summed E-state index contributed by atoms with van der Waals surface area (Å²) in [5.41, 5.74) is 14.5. The number of aliphatic hydroxyl groups excluding tert-OH is 4. The zero-order valence-corrected chi connectivity index (χ0v) is 82.8. The Bertz CT molecular complexity index is 5840. The average Bonchev–Trinajstić information content (AvgIpc) is 0.724. The summed E-state index contributed by atoms with van der Waals surface area (Å²) in [4.78, 5) is 242. The minimum atomic E-state index is -2.63. The Morgan fingerprint density at radius 2 is 1.09 bits per heavy atom. The number of rotatable bonds is 52. The van der Waals surface area contributed by atoms with Gasteiger partial charge in [-0.25, -0.2) is 30.7 Å². The number of carbonyl (C=O) groups is 17. The van der Waals surface area contributed by atoms with Gasteiger partial charge in [-0.15, -0.1) is 0 Å². The summed E-state index contributed by atoms with van der Waals surface area (Å²) in [5.74, 6) is -18.7. The van der Waals surface area contributed by atoms with Crippen LogP contribution in [0.15, 0.2) is 187 Å². The van der Waals surface area contributed by atoms with Crippen molar-refractivity contribution in [3.05, 3.63) is 220 Å². The molecule has 794 valence electrons. The van der Waals surface area contributed by atoms with E-state index in [9.17, 15) is 108 Å². The summed E-state index contributed by atoms with van der Waals surface area (Å²) in [5, 5.41) is 94.3. The van der Waals surface area contributed by atoms with Crippen molar-refractivity contribution in [3.8, 4) is 11.5 Å². The number of esters is 4. The molecule has 18 atom stereocenters. The number of ketones is 5. The molecule has 11 rings (SSSR count). The van der Waals surface area contributed by atoms with E-state index in [0.717, 1.165) is 30.9 Å². The number of hydrogen-bond acceptors (Lipinski definition) is 38. The monoisotopic (exact) mass is 2050 g/mol. The fraction of sp³-hybridized carbons (Fsp3) is 0.452. The normalized spacial score (nSPS) is 21.9. The number of nitrogens with one attached hydrogen (secondary N) is 10. The summed E-state index contributed by atoms with van der Waals surface area (Å²) < 4.78 is 42.9. The first-order valence-corrected chi connectivity index (χ1v) is 48.4. The Morgan fingerprint density at radius 3 is 1.64 bits per heavy atom. The molecule has 148 heavy (non-hydrogen) atoms. The van der Waals surface area contributed by atoms with E-state index in [-0.39, 0.29) is 119 Å². The highest BCUT2D eigenvalue weighted by Gasteiger charge is 2.79. The molecule has 0 spiro atoms. The first kappa shape index (κ1) is 114. The second-order valence-corrected chi connectivity index (χ2v) is 38.2. The summed E-state index contributed by atoms with van der Waals surface area (Å²) in [6, 6.07) is 25.7. The summed E-state index contributed by atoms with van der Waals surface area (Å²) in [6.45, 7) is 7.15. The number of Topliss-reactive ketones (excluding diaryl/α,β-unsaturated/α-hetero) is 5. The van der Waals surface area contributed by atoms with E-state index >= 15 is 9.59 Å². The van der Waals surface area contributed by atoms with Crippen molar-refractivity contribution in [2.75, 3.05) is 44.9 Å². The maximum Gasteiger partial charge on any atom is 0.509 e. The molecule has 6 aromatic carbocycles. The van der Waals surface area contributed by atoms with Crippen molar-refractivity contribution < 1.29 is 150 Å². The number of fused-ring (bicyclic) bond motifs is 5. The van der Waals surface area contributed by atoms with Crippen LogP contribution >= 0.6 is 0 Å². The Hall–Kier alpha value is -14.3. The number of ether oxygens (including phenoxy) is 7. The van der Waals surface area contributed by atoms with Crippen molar-refractivity contribution >= 4 is 106 Å². The molecule has 2 aliphatic heterocycles. The SMILES string of the molecule is CC(=O)O[C@H]1C(=O)[C@@]2(C)C([C@H](OC(=O)c3ccccc3)[C@]3(O)C[C@H](OC(=O)[C@H](OC(=O)OCc4ccc(NN[C@@H](CC(C)C)C(=O)C(=O)[C@H](CO)NN[C@@H](Cc5ccc(O)cc5)C(=O)C(=O)[C@H](Cc5ccc(O)cc5)NC(=O)[C@H](CO)NC(=O)[C@H](CO)NC(=O)[C@H](CCCNC(N)N)NC(=O)CCCCCN5C(=O)C=CC5=O)cc4)[C@@H](NC(=O)c4ccccc4)c4ccccc4)C(C)=C1C3(C)C)[C@]1(OC(C)=O)CO[C@@H]1C[C@@H]2O. The molecular weight excluding hydrogens is 1930 g/mol. The Morgan fingerprint density at radius 1 is 0.568 bits per heavy atom. The fourth-order valence-corrected chi connectivity index (χ4v) is 19.1. The second kappa shape index (κ2) is 51.4. The number of unbranched alkanes of at least 4 members (excludes halogenated alkanes) is 2. The predicted molar refractivity (Wildman–Crippen MR) is 523 cm³/mol. The number of amides is 7. The molecule has 0 radical (unpaired) electrons. The molecule has 6 aromatic rings. The third kappa shape index (κ3) is 28.0. The molecule has 7 amide bonds. The first-order chi connectivity index (χ1) is 70.4. The molecule has 1 unspecified atom stereocenters. The van der Waals surface area contributed by atoms with Crippen LogP contribution in [0.3, 0.4) is 0 Å². The average molecular weight is 2060 g/mol. The lowest BCUT2D eigenvalue weighted by atomic mass is 9.44. The molecule has 2 heterocycles. The van der Waals surface area contributed by atoms with Gasteiger partial charge in [-0.2, -0.15) is 0 Å². The molecule has 44 heteroatoms. The van der Waals surface area contributed by atoms with Crippen LogP contribution in [0, 0.1) is 22.7 Å². The maximum absolute atomic E-state index is 16.1. The largest absolute Gasteiger partial charge is 0.509 e. The van der Waals surface area contributed by atoms with Crippen LogP contribution in [0.2, 0.25) is 0 Å². The fourth-order valence-electron chi connectivity index (χ4n) is 19.1. The van der Waals surface area contributed by atoms with Crippen LogP contribution in [-0.2, 0) is 120 Å². The molecule has 44 nitrogen and oxygen atoms in total. The zero-order valence-electron chi connectivity index (χ0n) is 82.8. The van der Waals surface area contributed by atoms with Crippen LogP contribution < -0.4 is 65.1 Å². The third-order valence-electron chi connectivity index (χ3n) is 27.0. The van der Waals surface area contributed by atoms with E-state index in [1.54, 1.807) is 68.4 Å². The Labute approximate surface area is 851 Å². The summed E-state index contributed by atoms with van der Waals surface area (Å²) >= 11 is 0. The van der Waals surface area contributed by atoms with Crippen molar-refractivity contribution in [2.24, 2.45) is 34.1 Å². The third-order valence-corrected chi connectivity index (χ3v) is 27.0. The van der Waals surface area contributed by atoms with Crippen LogP contribution in [-0.4, -0.2) is 277 Å². The Kier molecular flexibility index (Phi) is 39.6. The Balaban J connectivity index is 0.781. The number of aliphatic hydroxyl groups is 5. The van der Waals surface area contributed by atoms with Crippen molar-refractivity contribution in [1.82, 2.24) is 53.1 Å². The van der Waals surface area contributed by atoms with Gasteiger partial charge in [-0.3, -0.25) is 77.3 Å². The number of carbonyl (C=O) groups excluding carboxylic acids is 17. The summed E-state index contributed by atoms with van der Waals surface area (Å²) in [7, 11) is 0. The van der Waals surface area contributed by atoms with Gasteiger partial charge in [0.15, 0.2) is 17.5 Å². The predicted octanol–water partition coefficient (Wildman–Crippen LogP) is 1.40. The van der Waals surface area contributed by atoms with Gasteiger partial charge >= 0.3 is 30.0 Å². The van der Waals surface area contributed by atoms with Gasteiger partial charge in [-0.05, 0) is 159 Å². The highest BCUT2D eigenvalue weighted by atomic mass is 16.7.